The first kappa shape index (κ1) is 15.7. The third kappa shape index (κ3) is 3.70. The minimum absolute atomic E-state index is 0.0527. The van der Waals surface area contributed by atoms with E-state index < -0.39 is 0 Å². The Morgan fingerprint density at radius 1 is 1.57 bits per heavy atom. The van der Waals surface area contributed by atoms with Crippen molar-refractivity contribution in [3.63, 3.8) is 0 Å². The molecule has 1 aliphatic rings. The monoisotopic (exact) mass is 373 g/mol. The standard InChI is InChI=1S/C11H12BrN5O3S/c1-5-2-6(12)10(19)8(9(5)18)15-17-11-16-14-7(21-11)3-20-4-13/h4-6,13,18H,2-3H2,1H3. The van der Waals surface area contributed by atoms with E-state index in [0.717, 1.165) is 17.7 Å². The maximum atomic E-state index is 12.0. The molecule has 21 heavy (non-hydrogen) atoms. The quantitative estimate of drug-likeness (QED) is 0.355. The smallest absolute Gasteiger partial charge is 0.251 e. The van der Waals surface area contributed by atoms with Gasteiger partial charge in [0.2, 0.25) is 0 Å². The second-order valence-electron chi connectivity index (χ2n) is 4.31. The molecule has 2 N–H and O–H groups in total. The molecule has 0 spiro atoms. The third-order valence-electron chi connectivity index (χ3n) is 2.77. The Balaban J connectivity index is 2.15. The number of Topliss-reactive ketones (excluding diaryl/α,β-unsaturated/α-hetero) is 1. The van der Waals surface area contributed by atoms with Crippen LogP contribution in [0.15, 0.2) is 21.7 Å². The number of allylic oxidation sites excluding steroid dienone is 2. The van der Waals surface area contributed by atoms with Gasteiger partial charge >= 0.3 is 0 Å². The van der Waals surface area contributed by atoms with Crippen molar-refractivity contribution in [3.05, 3.63) is 16.5 Å². The number of rotatable bonds is 5. The van der Waals surface area contributed by atoms with Crippen LogP contribution in [0.4, 0.5) is 5.13 Å². The highest BCUT2D eigenvalue weighted by atomic mass is 79.9. The van der Waals surface area contributed by atoms with E-state index in [0.29, 0.717) is 11.4 Å². The summed E-state index contributed by atoms with van der Waals surface area (Å²) < 4.78 is 4.76. The topological polar surface area (TPSA) is 121 Å². The first-order valence-corrected chi connectivity index (χ1v) is 7.72. The number of aromatic nitrogens is 2. The lowest BCUT2D eigenvalue weighted by atomic mass is 9.92. The van der Waals surface area contributed by atoms with Crippen LogP contribution >= 0.6 is 27.3 Å². The lowest BCUT2D eigenvalue weighted by Gasteiger charge is -2.21. The Hall–Kier alpha value is -1.68. The van der Waals surface area contributed by atoms with Crippen LogP contribution in [-0.2, 0) is 16.1 Å². The van der Waals surface area contributed by atoms with Crippen LogP contribution in [0.25, 0.3) is 0 Å². The van der Waals surface area contributed by atoms with Crippen molar-refractivity contribution in [2.75, 3.05) is 0 Å². The van der Waals surface area contributed by atoms with E-state index in [9.17, 15) is 9.90 Å². The molecule has 0 saturated heterocycles. The van der Waals surface area contributed by atoms with Crippen LogP contribution in [0.5, 0.6) is 0 Å². The van der Waals surface area contributed by atoms with Crippen LogP contribution in [0.2, 0.25) is 0 Å². The number of hydrogen-bond donors (Lipinski definition) is 2. The second-order valence-corrected chi connectivity index (χ2v) is 6.46. The summed E-state index contributed by atoms with van der Waals surface area (Å²) in [5.74, 6) is -0.519. The van der Waals surface area contributed by atoms with Crippen molar-refractivity contribution in [2.24, 2.45) is 16.1 Å². The maximum absolute atomic E-state index is 12.0. The van der Waals surface area contributed by atoms with E-state index in [1.54, 1.807) is 0 Å². The molecular weight excluding hydrogens is 362 g/mol. The summed E-state index contributed by atoms with van der Waals surface area (Å²) in [4.78, 5) is 11.6. The zero-order valence-electron chi connectivity index (χ0n) is 11.0. The molecule has 0 aromatic carbocycles. The van der Waals surface area contributed by atoms with E-state index in [1.165, 1.54) is 0 Å². The Bertz CT molecular complexity index is 615. The summed E-state index contributed by atoms with van der Waals surface area (Å²) in [5, 5.41) is 32.7. The molecular formula is C11H12BrN5O3S. The fraction of sp³-hybridized carbons (Fsp3) is 0.455. The van der Waals surface area contributed by atoms with Crippen LogP contribution in [0, 0.1) is 11.3 Å². The molecule has 8 nitrogen and oxygen atoms in total. The number of hydrogen-bond acceptors (Lipinski definition) is 9. The molecule has 1 aromatic rings. The Morgan fingerprint density at radius 2 is 2.33 bits per heavy atom. The molecule has 0 saturated carbocycles. The molecule has 0 aliphatic heterocycles. The number of ketones is 1. The molecule has 10 heteroatoms. The van der Waals surface area contributed by atoms with Gasteiger partial charge in [0.15, 0.2) is 22.9 Å². The van der Waals surface area contributed by atoms with Crippen molar-refractivity contribution < 1.29 is 14.6 Å². The second kappa shape index (κ2) is 6.85. The normalized spacial score (nSPS) is 22.9. The third-order valence-corrected chi connectivity index (χ3v) is 4.34. The summed E-state index contributed by atoms with van der Waals surface area (Å²) in [6.45, 7) is 1.94. The molecule has 2 unspecified atom stereocenters. The Kier molecular flexibility index (Phi) is 5.12. The molecule has 112 valence electrons. The number of halogens is 1. The van der Waals surface area contributed by atoms with Gasteiger partial charge in [0, 0.05) is 5.92 Å². The molecule has 0 amide bonds. The number of nitrogens with zero attached hydrogens (tertiary/aromatic N) is 4. The van der Waals surface area contributed by atoms with E-state index in [2.05, 4.69) is 36.4 Å². The van der Waals surface area contributed by atoms with Gasteiger partial charge < -0.3 is 9.84 Å². The number of aliphatic hydroxyl groups excluding tert-OH is 1. The number of azo groups is 1. The van der Waals surface area contributed by atoms with Gasteiger partial charge in [0.1, 0.15) is 12.4 Å². The Morgan fingerprint density at radius 3 is 3.05 bits per heavy atom. The summed E-state index contributed by atoms with van der Waals surface area (Å²) in [6, 6.07) is 0. The van der Waals surface area contributed by atoms with Gasteiger partial charge in [-0.1, -0.05) is 34.2 Å². The van der Waals surface area contributed by atoms with E-state index in [4.69, 9.17) is 10.1 Å². The first-order valence-electron chi connectivity index (χ1n) is 5.99. The zero-order valence-corrected chi connectivity index (χ0v) is 13.4. The van der Waals surface area contributed by atoms with Crippen LogP contribution in [-0.4, -0.2) is 32.3 Å². The molecule has 1 aliphatic carbocycles. The number of carbonyl (C=O) groups is 1. The summed E-state index contributed by atoms with van der Waals surface area (Å²) >= 11 is 4.39. The lowest BCUT2D eigenvalue weighted by Crippen LogP contribution is -2.26. The van der Waals surface area contributed by atoms with Crippen LogP contribution < -0.4 is 0 Å². The van der Waals surface area contributed by atoms with Gasteiger partial charge in [-0.25, -0.2) is 0 Å². The average Bonchev–Trinajstić information content (AvgIpc) is 2.91. The van der Waals surface area contributed by atoms with Crippen LogP contribution in [0.3, 0.4) is 0 Å². The van der Waals surface area contributed by atoms with Crippen molar-refractivity contribution in [2.45, 2.75) is 24.8 Å². The molecule has 0 radical (unpaired) electrons. The van der Waals surface area contributed by atoms with Crippen molar-refractivity contribution in [1.82, 2.24) is 10.2 Å². The largest absolute Gasteiger partial charge is 0.510 e. The van der Waals surface area contributed by atoms with Crippen LogP contribution in [0.1, 0.15) is 18.4 Å². The van der Waals surface area contributed by atoms with Crippen molar-refractivity contribution in [3.8, 4) is 0 Å². The van der Waals surface area contributed by atoms with Crippen molar-refractivity contribution >= 4 is 44.6 Å². The average molecular weight is 374 g/mol. The predicted octanol–water partition coefficient (Wildman–Crippen LogP) is 2.89. The van der Waals surface area contributed by atoms with Gasteiger partial charge in [-0.05, 0) is 6.42 Å². The van der Waals surface area contributed by atoms with E-state index >= 15 is 0 Å². The fourth-order valence-electron chi connectivity index (χ4n) is 1.69. The lowest BCUT2D eigenvalue weighted by molar-refractivity contribution is -0.116. The molecule has 0 fully saturated rings. The molecule has 2 rings (SSSR count). The number of nitrogens with one attached hydrogen (secondary N) is 1. The predicted molar refractivity (Wildman–Crippen MR) is 79.2 cm³/mol. The summed E-state index contributed by atoms with van der Waals surface area (Å²) in [5.41, 5.74) is -0.0527. The highest BCUT2D eigenvalue weighted by Gasteiger charge is 2.32. The number of carbonyl (C=O) groups excluding carboxylic acids is 1. The van der Waals surface area contributed by atoms with Gasteiger partial charge in [-0.15, -0.1) is 20.4 Å². The van der Waals surface area contributed by atoms with Crippen molar-refractivity contribution in [1.29, 1.82) is 5.41 Å². The molecule has 1 heterocycles. The fourth-order valence-corrected chi connectivity index (χ4v) is 3.05. The first-order chi connectivity index (χ1) is 10.0. The van der Waals surface area contributed by atoms with Gasteiger partial charge in [-0.2, -0.15) is 0 Å². The number of alkyl halides is 1. The number of aliphatic hydroxyl groups is 1. The SMILES string of the molecule is CC1CC(Br)C(=O)C(N=Nc2nnc(COC=N)s2)=C1O. The highest BCUT2D eigenvalue weighted by Crippen LogP contribution is 2.31. The van der Waals surface area contributed by atoms with Gasteiger partial charge in [0.05, 0.1) is 4.83 Å². The number of ether oxygens (including phenoxy) is 1. The van der Waals surface area contributed by atoms with E-state index in [-0.39, 0.29) is 39.7 Å². The molecule has 1 aromatic heterocycles. The molecule has 2 atom stereocenters. The maximum Gasteiger partial charge on any atom is 0.251 e. The van der Waals surface area contributed by atoms with Gasteiger partial charge in [-0.3, -0.25) is 10.2 Å². The summed E-state index contributed by atoms with van der Waals surface area (Å²) in [7, 11) is 0. The Labute approximate surface area is 132 Å². The van der Waals surface area contributed by atoms with E-state index in [1.807, 2.05) is 6.92 Å². The molecule has 0 bridgehead atoms. The highest BCUT2D eigenvalue weighted by molar-refractivity contribution is 9.10. The van der Waals surface area contributed by atoms with Gasteiger partial charge in [0.25, 0.3) is 5.13 Å². The zero-order chi connectivity index (χ0) is 15.4. The minimum Gasteiger partial charge on any atom is -0.510 e. The summed E-state index contributed by atoms with van der Waals surface area (Å²) in [6.07, 6.45) is 1.33. The minimum atomic E-state index is -0.372.